The van der Waals surface area contributed by atoms with E-state index in [1.165, 1.54) is 23.9 Å². The van der Waals surface area contributed by atoms with Gasteiger partial charge in [0.2, 0.25) is 0 Å². The van der Waals surface area contributed by atoms with Gasteiger partial charge in [0.05, 0.1) is 10.6 Å². The summed E-state index contributed by atoms with van der Waals surface area (Å²) in [5.41, 5.74) is 0.988. The molecule has 1 aromatic heterocycles. The van der Waals surface area contributed by atoms with Gasteiger partial charge in [0, 0.05) is 22.9 Å². The quantitative estimate of drug-likeness (QED) is 0.549. The van der Waals surface area contributed by atoms with Crippen LogP contribution in [0.25, 0.3) is 11.4 Å². The molecule has 8 heteroatoms. The largest absolute Gasteiger partial charge is 0.302 e. The second kappa shape index (κ2) is 8.24. The summed E-state index contributed by atoms with van der Waals surface area (Å²) in [5.74, 6) is 1.21. The van der Waals surface area contributed by atoms with Gasteiger partial charge in [-0.2, -0.15) is 0 Å². The molecule has 3 rings (SSSR count). The van der Waals surface area contributed by atoms with E-state index in [1.807, 2.05) is 41.8 Å². The summed E-state index contributed by atoms with van der Waals surface area (Å²) in [6.07, 6.45) is 0. The summed E-state index contributed by atoms with van der Waals surface area (Å²) in [6, 6.07) is 16.1. The number of hydrogen-bond acceptors (Lipinski definition) is 5. The summed E-state index contributed by atoms with van der Waals surface area (Å²) >= 11 is 7.21. The second-order valence-corrected chi connectivity index (χ2v) is 9.15. The Morgan fingerprint density at radius 1 is 1.04 bits per heavy atom. The Balaban J connectivity index is 1.70. The van der Waals surface area contributed by atoms with Crippen molar-refractivity contribution in [3.05, 3.63) is 59.6 Å². The van der Waals surface area contributed by atoms with Gasteiger partial charge in [-0.05, 0) is 31.2 Å². The second-order valence-electron chi connectivity index (χ2n) is 5.54. The minimum absolute atomic E-state index is 0.0243. The maximum absolute atomic E-state index is 12.4. The highest BCUT2D eigenvalue weighted by Crippen LogP contribution is 2.24. The van der Waals surface area contributed by atoms with E-state index in [2.05, 4.69) is 10.2 Å². The molecule has 0 saturated carbocycles. The highest BCUT2D eigenvalue weighted by atomic mass is 35.5. The van der Waals surface area contributed by atoms with E-state index in [-0.39, 0.29) is 10.6 Å². The van der Waals surface area contributed by atoms with Crippen molar-refractivity contribution in [2.75, 3.05) is 11.5 Å². The molecule has 2 aromatic carbocycles. The molecule has 0 aliphatic rings. The zero-order valence-electron chi connectivity index (χ0n) is 14.2. The van der Waals surface area contributed by atoms with Crippen LogP contribution in [0.2, 0.25) is 5.02 Å². The third kappa shape index (κ3) is 4.28. The van der Waals surface area contributed by atoms with Crippen molar-refractivity contribution in [2.45, 2.75) is 23.5 Å². The van der Waals surface area contributed by atoms with Crippen molar-refractivity contribution >= 4 is 33.2 Å². The highest BCUT2D eigenvalue weighted by molar-refractivity contribution is 8.00. The van der Waals surface area contributed by atoms with Crippen LogP contribution in [0.3, 0.4) is 0 Å². The minimum Gasteiger partial charge on any atom is -0.302 e. The van der Waals surface area contributed by atoms with Gasteiger partial charge in [-0.1, -0.05) is 53.7 Å². The van der Waals surface area contributed by atoms with Crippen molar-refractivity contribution in [3.8, 4) is 11.4 Å². The number of halogens is 1. The summed E-state index contributed by atoms with van der Waals surface area (Å²) in [5, 5.41) is 9.74. The predicted molar refractivity (Wildman–Crippen MR) is 105 cm³/mol. The standard InChI is InChI=1S/C18H18ClN3O2S2/c1-2-22-17(14-6-4-3-5-7-14)20-21-18(22)25-12-13-26(23,24)16-10-8-15(19)9-11-16/h3-11H,2,12-13H2,1H3. The number of nitrogens with zero attached hydrogens (tertiary/aromatic N) is 3. The SMILES string of the molecule is CCn1c(SCCS(=O)(=O)c2ccc(Cl)cc2)nnc1-c1ccccc1. The molecule has 0 unspecified atom stereocenters. The molecule has 0 saturated heterocycles. The van der Waals surface area contributed by atoms with Gasteiger partial charge in [-0.25, -0.2) is 8.42 Å². The fraction of sp³-hybridized carbons (Fsp3) is 0.222. The number of benzene rings is 2. The Kier molecular flexibility index (Phi) is 6.01. The van der Waals surface area contributed by atoms with E-state index < -0.39 is 9.84 Å². The molecule has 0 atom stereocenters. The molecule has 0 N–H and O–H groups in total. The molecular formula is C18H18ClN3O2S2. The third-order valence-corrected chi connectivity index (χ3v) is 7.03. The van der Waals surface area contributed by atoms with Gasteiger partial charge < -0.3 is 4.57 Å². The van der Waals surface area contributed by atoms with E-state index in [1.54, 1.807) is 12.1 Å². The fourth-order valence-corrected chi connectivity index (χ4v) is 5.26. The van der Waals surface area contributed by atoms with Gasteiger partial charge in [0.25, 0.3) is 0 Å². The van der Waals surface area contributed by atoms with Gasteiger partial charge in [-0.3, -0.25) is 0 Å². The average molecular weight is 408 g/mol. The molecule has 0 spiro atoms. The number of hydrogen-bond donors (Lipinski definition) is 0. The summed E-state index contributed by atoms with van der Waals surface area (Å²) < 4.78 is 26.8. The number of thioether (sulfide) groups is 1. The topological polar surface area (TPSA) is 64.8 Å². The fourth-order valence-electron chi connectivity index (χ4n) is 2.48. The first-order chi connectivity index (χ1) is 12.5. The lowest BCUT2D eigenvalue weighted by atomic mass is 10.2. The third-order valence-electron chi connectivity index (χ3n) is 3.82. The molecule has 136 valence electrons. The number of rotatable bonds is 7. The Morgan fingerprint density at radius 2 is 1.73 bits per heavy atom. The van der Waals surface area contributed by atoms with Gasteiger partial charge >= 0.3 is 0 Å². The first-order valence-electron chi connectivity index (χ1n) is 8.11. The summed E-state index contributed by atoms with van der Waals surface area (Å²) in [4.78, 5) is 0.282. The van der Waals surface area contributed by atoms with Crippen molar-refractivity contribution < 1.29 is 8.42 Å². The monoisotopic (exact) mass is 407 g/mol. The van der Waals surface area contributed by atoms with Crippen LogP contribution in [0.4, 0.5) is 0 Å². The molecular weight excluding hydrogens is 390 g/mol. The van der Waals surface area contributed by atoms with Crippen LogP contribution >= 0.6 is 23.4 Å². The van der Waals surface area contributed by atoms with Gasteiger partial charge in [-0.15, -0.1) is 10.2 Å². The lowest BCUT2D eigenvalue weighted by Crippen LogP contribution is -2.09. The van der Waals surface area contributed by atoms with Crippen LogP contribution in [-0.4, -0.2) is 34.7 Å². The van der Waals surface area contributed by atoms with E-state index in [0.717, 1.165) is 16.5 Å². The van der Waals surface area contributed by atoms with Gasteiger partial charge in [0.1, 0.15) is 0 Å². The molecule has 1 heterocycles. The normalized spacial score (nSPS) is 11.6. The Bertz CT molecular complexity index is 971. The summed E-state index contributed by atoms with van der Waals surface area (Å²) in [7, 11) is -3.35. The smallest absolute Gasteiger partial charge is 0.191 e. The van der Waals surface area contributed by atoms with E-state index >= 15 is 0 Å². The molecule has 5 nitrogen and oxygen atoms in total. The maximum atomic E-state index is 12.4. The van der Waals surface area contributed by atoms with Crippen LogP contribution in [0.5, 0.6) is 0 Å². The van der Waals surface area contributed by atoms with E-state index in [4.69, 9.17) is 11.6 Å². The van der Waals surface area contributed by atoms with Crippen LogP contribution < -0.4 is 0 Å². The van der Waals surface area contributed by atoms with E-state index in [9.17, 15) is 8.42 Å². The Hall–Kier alpha value is -1.83. The Labute approximate surface area is 162 Å². The van der Waals surface area contributed by atoms with E-state index in [0.29, 0.717) is 17.3 Å². The Morgan fingerprint density at radius 3 is 2.38 bits per heavy atom. The maximum Gasteiger partial charge on any atom is 0.191 e. The first-order valence-corrected chi connectivity index (χ1v) is 11.1. The van der Waals surface area contributed by atoms with Crippen molar-refractivity contribution in [1.82, 2.24) is 14.8 Å². The lowest BCUT2D eigenvalue weighted by molar-refractivity contribution is 0.597. The van der Waals surface area contributed by atoms with Crippen molar-refractivity contribution in [1.29, 1.82) is 0 Å². The lowest BCUT2D eigenvalue weighted by Gasteiger charge is -2.08. The molecule has 0 radical (unpaired) electrons. The molecule has 3 aromatic rings. The van der Waals surface area contributed by atoms with Crippen molar-refractivity contribution in [3.63, 3.8) is 0 Å². The average Bonchev–Trinajstić information content (AvgIpc) is 3.05. The molecule has 0 amide bonds. The first kappa shape index (κ1) is 18.9. The van der Waals surface area contributed by atoms with Crippen LogP contribution in [-0.2, 0) is 16.4 Å². The zero-order valence-corrected chi connectivity index (χ0v) is 16.6. The molecule has 0 bridgehead atoms. The highest BCUT2D eigenvalue weighted by Gasteiger charge is 2.17. The number of sulfone groups is 1. The molecule has 0 fully saturated rings. The van der Waals surface area contributed by atoms with Crippen molar-refractivity contribution in [2.24, 2.45) is 0 Å². The zero-order chi connectivity index (χ0) is 18.6. The predicted octanol–water partition coefficient (Wildman–Crippen LogP) is 4.18. The summed E-state index contributed by atoms with van der Waals surface area (Å²) in [6.45, 7) is 2.73. The molecule has 0 aliphatic carbocycles. The molecule has 26 heavy (non-hydrogen) atoms. The van der Waals surface area contributed by atoms with Crippen LogP contribution in [0.1, 0.15) is 6.92 Å². The minimum atomic E-state index is -3.35. The van der Waals surface area contributed by atoms with Gasteiger partial charge in [0.15, 0.2) is 20.8 Å². The van der Waals surface area contributed by atoms with Crippen LogP contribution in [0.15, 0.2) is 64.6 Å². The molecule has 0 aliphatic heterocycles. The number of aromatic nitrogens is 3. The van der Waals surface area contributed by atoms with Crippen LogP contribution in [0, 0.1) is 0 Å².